The molecule has 0 amide bonds. The molecule has 0 saturated heterocycles. The molecule has 2 aromatic carbocycles. The van der Waals surface area contributed by atoms with E-state index in [4.69, 9.17) is 0 Å². The molecule has 0 aliphatic carbocycles. The predicted molar refractivity (Wildman–Crippen MR) is 64.7 cm³/mol. The van der Waals surface area contributed by atoms with Crippen LogP contribution in [-0.2, 0) is 12.8 Å². The van der Waals surface area contributed by atoms with E-state index in [2.05, 4.69) is 0 Å². The molecule has 0 aliphatic heterocycles. The van der Waals surface area contributed by atoms with Gasteiger partial charge in [0.15, 0.2) is 23.3 Å². The first-order valence-electron chi connectivity index (χ1n) is 6.06. The summed E-state index contributed by atoms with van der Waals surface area (Å²) in [7, 11) is 0. The number of hydrogen-bond acceptors (Lipinski definition) is 0. The van der Waals surface area contributed by atoms with Gasteiger partial charge in [0.05, 0.1) is 0 Å². The van der Waals surface area contributed by atoms with Crippen LogP contribution in [0.3, 0.4) is 0 Å². The van der Waals surface area contributed by atoms with Crippen molar-refractivity contribution in [1.29, 1.82) is 0 Å². The first-order valence-corrected chi connectivity index (χ1v) is 6.06. The molecule has 0 aliphatic rings. The molecule has 0 nitrogen and oxygen atoms in total. The Balaban J connectivity index is 2.14. The zero-order chi connectivity index (χ0) is 14.7. The monoisotopic (exact) mass is 286 g/mol. The summed E-state index contributed by atoms with van der Waals surface area (Å²) in [5.74, 6) is -9.38. The van der Waals surface area contributed by atoms with Crippen LogP contribution in [0.1, 0.15) is 17.5 Å². The van der Waals surface area contributed by atoms with Crippen molar-refractivity contribution in [2.24, 2.45) is 0 Å². The molecule has 0 bridgehead atoms. The van der Waals surface area contributed by atoms with Crippen LogP contribution in [0.15, 0.2) is 30.3 Å². The average Bonchev–Trinajstić information content (AvgIpc) is 2.48. The average molecular weight is 286 g/mol. The zero-order valence-electron chi connectivity index (χ0n) is 10.4. The van der Waals surface area contributed by atoms with Gasteiger partial charge in [-0.2, -0.15) is 0 Å². The van der Waals surface area contributed by atoms with Crippen molar-refractivity contribution in [3.8, 4) is 0 Å². The summed E-state index contributed by atoms with van der Waals surface area (Å²) in [6.07, 6.45) is 0.587. The largest absolute Gasteiger partial charge is 0.203 e. The standard InChI is InChI=1S/C15H11F5/c16-11-10(12(17)14(19)15(20)13(11)18)8-4-7-9-5-2-1-3-6-9/h1-3,5-6H,4,7-8H2. The molecule has 2 rings (SSSR count). The van der Waals surface area contributed by atoms with E-state index in [0.717, 1.165) is 5.56 Å². The summed E-state index contributed by atoms with van der Waals surface area (Å²) in [6, 6.07) is 9.12. The molecular formula is C15H11F5. The molecule has 0 fully saturated rings. The van der Waals surface area contributed by atoms with Gasteiger partial charge in [0.25, 0.3) is 0 Å². The lowest BCUT2D eigenvalue weighted by Gasteiger charge is -2.08. The molecule has 0 radical (unpaired) electrons. The molecule has 0 N–H and O–H groups in total. The van der Waals surface area contributed by atoms with E-state index in [9.17, 15) is 22.0 Å². The van der Waals surface area contributed by atoms with Crippen molar-refractivity contribution in [2.45, 2.75) is 19.3 Å². The van der Waals surface area contributed by atoms with Crippen LogP contribution in [0.25, 0.3) is 0 Å². The predicted octanol–water partition coefficient (Wildman–Crippen LogP) is 4.56. The fraction of sp³-hybridized carbons (Fsp3) is 0.200. The third-order valence-corrected chi connectivity index (χ3v) is 3.04. The van der Waals surface area contributed by atoms with Crippen molar-refractivity contribution in [2.75, 3.05) is 0 Å². The highest BCUT2D eigenvalue weighted by molar-refractivity contribution is 5.24. The molecule has 0 heterocycles. The molecule has 0 saturated carbocycles. The third kappa shape index (κ3) is 2.81. The van der Waals surface area contributed by atoms with Crippen molar-refractivity contribution in [3.63, 3.8) is 0 Å². The Morgan fingerprint density at radius 3 is 1.65 bits per heavy atom. The lowest BCUT2D eigenvalue weighted by atomic mass is 10.0. The normalized spacial score (nSPS) is 10.8. The third-order valence-electron chi connectivity index (χ3n) is 3.04. The maximum atomic E-state index is 13.4. The van der Waals surface area contributed by atoms with Crippen LogP contribution < -0.4 is 0 Å². The minimum absolute atomic E-state index is 0.208. The second kappa shape index (κ2) is 6.03. The second-order valence-corrected chi connectivity index (χ2v) is 4.39. The van der Waals surface area contributed by atoms with Crippen molar-refractivity contribution >= 4 is 0 Å². The lowest BCUT2D eigenvalue weighted by Crippen LogP contribution is -2.07. The number of rotatable bonds is 4. The maximum Gasteiger partial charge on any atom is 0.200 e. The molecular weight excluding hydrogens is 275 g/mol. The first kappa shape index (κ1) is 14.5. The van der Waals surface area contributed by atoms with E-state index >= 15 is 0 Å². The van der Waals surface area contributed by atoms with Crippen molar-refractivity contribution in [3.05, 3.63) is 70.5 Å². The van der Waals surface area contributed by atoms with Crippen molar-refractivity contribution in [1.82, 2.24) is 0 Å². The second-order valence-electron chi connectivity index (χ2n) is 4.39. The van der Waals surface area contributed by atoms with Gasteiger partial charge >= 0.3 is 0 Å². The highest BCUT2D eigenvalue weighted by Crippen LogP contribution is 2.24. The van der Waals surface area contributed by atoms with Crippen LogP contribution in [-0.4, -0.2) is 0 Å². The molecule has 2 aromatic rings. The summed E-state index contributed by atoms with van der Waals surface area (Å²) < 4.78 is 65.7. The van der Waals surface area contributed by atoms with E-state index in [1.165, 1.54) is 0 Å². The summed E-state index contributed by atoms with van der Waals surface area (Å²) >= 11 is 0. The Morgan fingerprint density at radius 1 is 0.600 bits per heavy atom. The Kier molecular flexibility index (Phi) is 4.37. The van der Waals surface area contributed by atoms with Gasteiger partial charge in [-0.1, -0.05) is 30.3 Å². The maximum absolute atomic E-state index is 13.4. The van der Waals surface area contributed by atoms with E-state index in [-0.39, 0.29) is 6.42 Å². The lowest BCUT2D eigenvalue weighted by molar-refractivity contribution is 0.369. The molecule has 0 aromatic heterocycles. The number of halogens is 5. The van der Waals surface area contributed by atoms with Crippen molar-refractivity contribution < 1.29 is 22.0 Å². The topological polar surface area (TPSA) is 0 Å². The summed E-state index contributed by atoms with van der Waals surface area (Å²) in [6.45, 7) is 0. The van der Waals surface area contributed by atoms with Crippen LogP contribution in [0.5, 0.6) is 0 Å². The van der Waals surface area contributed by atoms with E-state index < -0.39 is 34.6 Å². The Morgan fingerprint density at radius 2 is 1.10 bits per heavy atom. The number of aryl methyl sites for hydroxylation is 1. The molecule has 20 heavy (non-hydrogen) atoms. The fourth-order valence-electron chi connectivity index (χ4n) is 1.98. The van der Waals surface area contributed by atoms with Crippen LogP contribution in [0.4, 0.5) is 22.0 Å². The highest BCUT2D eigenvalue weighted by atomic mass is 19.2. The molecule has 0 atom stereocenters. The van der Waals surface area contributed by atoms with E-state index in [0.29, 0.717) is 12.8 Å². The molecule has 106 valence electrons. The zero-order valence-corrected chi connectivity index (χ0v) is 10.4. The van der Waals surface area contributed by atoms with Crippen LogP contribution in [0.2, 0.25) is 0 Å². The minimum atomic E-state index is -2.12. The quantitative estimate of drug-likeness (QED) is 0.439. The van der Waals surface area contributed by atoms with Gasteiger partial charge in [-0.05, 0) is 24.8 Å². The number of hydrogen-bond donors (Lipinski definition) is 0. The minimum Gasteiger partial charge on any atom is -0.203 e. The summed E-state index contributed by atoms with van der Waals surface area (Å²) in [4.78, 5) is 0. The van der Waals surface area contributed by atoms with E-state index in [1.807, 2.05) is 30.3 Å². The summed E-state index contributed by atoms with van der Waals surface area (Å²) in [5.41, 5.74) is 0.189. The van der Waals surface area contributed by atoms with Crippen LogP contribution >= 0.6 is 0 Å². The Labute approximate surface area is 112 Å². The van der Waals surface area contributed by atoms with Gasteiger partial charge in [0.1, 0.15) is 0 Å². The highest BCUT2D eigenvalue weighted by Gasteiger charge is 2.24. The van der Waals surface area contributed by atoms with Gasteiger partial charge < -0.3 is 0 Å². The summed E-state index contributed by atoms with van der Waals surface area (Å²) in [5, 5.41) is 0. The smallest absolute Gasteiger partial charge is 0.200 e. The van der Waals surface area contributed by atoms with Gasteiger partial charge in [0, 0.05) is 5.56 Å². The fourth-order valence-corrected chi connectivity index (χ4v) is 1.98. The Bertz CT molecular complexity index is 578. The Hall–Kier alpha value is -1.91. The van der Waals surface area contributed by atoms with Crippen LogP contribution in [0, 0.1) is 29.1 Å². The SMILES string of the molecule is Fc1c(F)c(F)c(CCCc2ccccc2)c(F)c1F. The molecule has 0 spiro atoms. The molecule has 0 unspecified atom stereocenters. The van der Waals surface area contributed by atoms with Gasteiger partial charge in [-0.3, -0.25) is 0 Å². The van der Waals surface area contributed by atoms with Gasteiger partial charge in [-0.15, -0.1) is 0 Å². The van der Waals surface area contributed by atoms with E-state index in [1.54, 1.807) is 0 Å². The van der Waals surface area contributed by atoms with Gasteiger partial charge in [-0.25, -0.2) is 22.0 Å². The van der Waals surface area contributed by atoms with Gasteiger partial charge in [0.2, 0.25) is 5.82 Å². The first-order chi connectivity index (χ1) is 9.52. The molecule has 5 heteroatoms. The number of benzene rings is 2.